The van der Waals surface area contributed by atoms with Crippen molar-refractivity contribution in [2.45, 2.75) is 39.8 Å². The van der Waals surface area contributed by atoms with Crippen LogP contribution in [0.1, 0.15) is 29.6 Å². The maximum atomic E-state index is 6.36. The van der Waals surface area contributed by atoms with Gasteiger partial charge in [-0.3, -0.25) is 4.90 Å². The van der Waals surface area contributed by atoms with Gasteiger partial charge < -0.3 is 0 Å². The molecule has 0 bridgehead atoms. The number of thioether (sulfide) groups is 1. The molecule has 116 valence electrons. The van der Waals surface area contributed by atoms with Gasteiger partial charge in [-0.15, -0.1) is 11.3 Å². The molecule has 2 rings (SSSR count). The van der Waals surface area contributed by atoms with E-state index in [0.717, 1.165) is 22.6 Å². The third-order valence-corrected chi connectivity index (χ3v) is 5.93. The van der Waals surface area contributed by atoms with Crippen LogP contribution in [-0.2, 0) is 6.54 Å². The zero-order chi connectivity index (χ0) is 15.6. The van der Waals surface area contributed by atoms with Gasteiger partial charge in [-0.2, -0.15) is 11.8 Å². The van der Waals surface area contributed by atoms with Crippen LogP contribution in [0, 0.1) is 13.8 Å². The van der Waals surface area contributed by atoms with Gasteiger partial charge in [-0.1, -0.05) is 11.6 Å². The molecule has 21 heavy (non-hydrogen) atoms. The molecule has 0 aliphatic heterocycles. The summed E-state index contributed by atoms with van der Waals surface area (Å²) in [5.41, 5.74) is 1.20. The molecule has 0 fully saturated rings. The lowest BCUT2D eigenvalue weighted by Crippen LogP contribution is -2.29. The summed E-state index contributed by atoms with van der Waals surface area (Å²) < 4.78 is 0. The van der Waals surface area contributed by atoms with Gasteiger partial charge in [0.25, 0.3) is 0 Å². The number of halogens is 1. The molecule has 0 N–H and O–H groups in total. The smallest absolute Gasteiger partial charge is 0.145 e. The largest absolute Gasteiger partial charge is 0.296 e. The number of fused-ring (bicyclic) bond motifs is 1. The third kappa shape index (κ3) is 3.89. The summed E-state index contributed by atoms with van der Waals surface area (Å²) in [5.74, 6) is 1.99. The minimum atomic E-state index is 0.516. The summed E-state index contributed by atoms with van der Waals surface area (Å²) in [7, 11) is 2.12. The van der Waals surface area contributed by atoms with Crippen molar-refractivity contribution in [3.05, 3.63) is 21.4 Å². The molecule has 0 aliphatic rings. The fourth-order valence-corrected chi connectivity index (χ4v) is 4.21. The van der Waals surface area contributed by atoms with E-state index in [1.54, 1.807) is 11.3 Å². The van der Waals surface area contributed by atoms with Gasteiger partial charge in [0, 0.05) is 10.9 Å². The Morgan fingerprint density at radius 2 is 2.05 bits per heavy atom. The van der Waals surface area contributed by atoms with Crippen LogP contribution < -0.4 is 0 Å². The molecule has 2 heterocycles. The Labute approximate surface area is 140 Å². The number of hydrogen-bond donors (Lipinski definition) is 0. The monoisotopic (exact) mass is 343 g/mol. The maximum absolute atomic E-state index is 6.36. The van der Waals surface area contributed by atoms with E-state index in [1.807, 2.05) is 11.8 Å². The minimum absolute atomic E-state index is 0.516. The molecule has 0 spiro atoms. The summed E-state index contributed by atoms with van der Waals surface area (Å²) in [6, 6.07) is 0.516. The first-order chi connectivity index (χ1) is 9.93. The second kappa shape index (κ2) is 7.27. The summed E-state index contributed by atoms with van der Waals surface area (Å²) >= 11 is 9.95. The van der Waals surface area contributed by atoms with E-state index in [4.69, 9.17) is 16.6 Å². The van der Waals surface area contributed by atoms with Crippen molar-refractivity contribution >= 4 is 44.9 Å². The van der Waals surface area contributed by atoms with Crippen molar-refractivity contribution in [3.63, 3.8) is 0 Å². The Kier molecular flexibility index (Phi) is 5.88. The van der Waals surface area contributed by atoms with Crippen LogP contribution in [0.25, 0.3) is 10.2 Å². The predicted molar refractivity (Wildman–Crippen MR) is 95.8 cm³/mol. The second-order valence-electron chi connectivity index (χ2n) is 5.44. The van der Waals surface area contributed by atoms with Crippen molar-refractivity contribution in [1.29, 1.82) is 0 Å². The van der Waals surface area contributed by atoms with Gasteiger partial charge >= 0.3 is 0 Å². The van der Waals surface area contributed by atoms with Crippen molar-refractivity contribution in [1.82, 2.24) is 14.9 Å². The highest BCUT2D eigenvalue weighted by Gasteiger charge is 2.16. The highest BCUT2D eigenvalue weighted by Crippen LogP contribution is 2.33. The summed E-state index contributed by atoms with van der Waals surface area (Å²) in [4.78, 5) is 13.8. The lowest BCUT2D eigenvalue weighted by molar-refractivity contribution is 0.239. The number of aryl methyl sites for hydroxylation is 2. The van der Waals surface area contributed by atoms with Crippen molar-refractivity contribution in [3.8, 4) is 0 Å². The maximum Gasteiger partial charge on any atom is 0.145 e. The average Bonchev–Trinajstić information content (AvgIpc) is 2.71. The Balaban J connectivity index is 2.19. The van der Waals surface area contributed by atoms with E-state index in [0.29, 0.717) is 11.2 Å². The quantitative estimate of drug-likeness (QED) is 0.720. The Bertz CT molecular complexity index is 627. The van der Waals surface area contributed by atoms with Crippen LogP contribution >= 0.6 is 34.7 Å². The van der Waals surface area contributed by atoms with Crippen LogP contribution in [-0.4, -0.2) is 40.0 Å². The number of nitrogens with zero attached hydrogens (tertiary/aromatic N) is 3. The van der Waals surface area contributed by atoms with Crippen LogP contribution in [0.5, 0.6) is 0 Å². The standard InChI is InChI=1S/C15H22ClN3S2/c1-9(6-7-20-5)19(4)8-12-17-14(16)13-10(2)11(3)21-15(13)18-12/h9H,6-8H2,1-5H3. The number of aromatic nitrogens is 2. The van der Waals surface area contributed by atoms with Gasteiger partial charge in [-0.25, -0.2) is 9.97 Å². The topological polar surface area (TPSA) is 29.0 Å². The van der Waals surface area contributed by atoms with E-state index >= 15 is 0 Å². The van der Waals surface area contributed by atoms with Crippen LogP contribution in [0.2, 0.25) is 5.15 Å². The Morgan fingerprint density at radius 1 is 1.33 bits per heavy atom. The van der Waals surface area contributed by atoms with Crippen molar-refractivity contribution in [2.75, 3.05) is 19.1 Å². The molecule has 0 amide bonds. The van der Waals surface area contributed by atoms with Gasteiger partial charge in [0.15, 0.2) is 0 Å². The molecule has 1 atom stereocenters. The van der Waals surface area contributed by atoms with E-state index in [2.05, 4.69) is 44.0 Å². The molecule has 6 heteroatoms. The first-order valence-electron chi connectivity index (χ1n) is 7.05. The summed E-state index contributed by atoms with van der Waals surface area (Å²) in [5, 5.41) is 1.60. The SMILES string of the molecule is CSCCC(C)N(C)Cc1nc(Cl)c2c(C)c(C)sc2n1. The molecule has 2 aromatic rings. The minimum Gasteiger partial charge on any atom is -0.296 e. The van der Waals surface area contributed by atoms with Gasteiger partial charge in [0.05, 0.1) is 11.9 Å². The van der Waals surface area contributed by atoms with Crippen LogP contribution in [0.4, 0.5) is 0 Å². The Morgan fingerprint density at radius 3 is 2.71 bits per heavy atom. The molecule has 0 saturated carbocycles. The third-order valence-electron chi connectivity index (χ3n) is 3.91. The zero-order valence-electron chi connectivity index (χ0n) is 13.2. The molecule has 2 aromatic heterocycles. The fraction of sp³-hybridized carbons (Fsp3) is 0.600. The van der Waals surface area contributed by atoms with Gasteiger partial charge in [-0.05, 0) is 51.8 Å². The molecule has 0 saturated heterocycles. The normalized spacial score (nSPS) is 13.3. The lowest BCUT2D eigenvalue weighted by atomic mass is 10.2. The van der Waals surface area contributed by atoms with Crippen molar-refractivity contribution < 1.29 is 0 Å². The molecular weight excluding hydrogens is 322 g/mol. The predicted octanol–water partition coefficient (Wildman–Crippen LogP) is 4.53. The Hall–Kier alpha value is -0.360. The molecular formula is C15H22ClN3S2. The molecule has 0 aromatic carbocycles. The fourth-order valence-electron chi connectivity index (χ4n) is 2.20. The van der Waals surface area contributed by atoms with Gasteiger partial charge in [0.1, 0.15) is 15.8 Å². The first kappa shape index (κ1) is 17.0. The highest BCUT2D eigenvalue weighted by molar-refractivity contribution is 7.98. The summed E-state index contributed by atoms with van der Waals surface area (Å²) in [6.45, 7) is 7.17. The molecule has 3 nitrogen and oxygen atoms in total. The van der Waals surface area contributed by atoms with E-state index in [9.17, 15) is 0 Å². The number of hydrogen-bond acceptors (Lipinski definition) is 5. The first-order valence-corrected chi connectivity index (χ1v) is 9.64. The second-order valence-corrected chi connectivity index (χ2v) is 7.99. The van der Waals surface area contributed by atoms with Crippen molar-refractivity contribution in [2.24, 2.45) is 0 Å². The molecule has 0 radical (unpaired) electrons. The van der Waals surface area contributed by atoms with E-state index < -0.39 is 0 Å². The van der Waals surface area contributed by atoms with Crippen LogP contribution in [0.15, 0.2) is 0 Å². The lowest BCUT2D eigenvalue weighted by Gasteiger charge is -2.23. The number of thiophene rings is 1. The van der Waals surface area contributed by atoms with Crippen LogP contribution in [0.3, 0.4) is 0 Å². The number of rotatable bonds is 6. The van der Waals surface area contributed by atoms with E-state index in [1.165, 1.54) is 22.6 Å². The summed E-state index contributed by atoms with van der Waals surface area (Å²) in [6.07, 6.45) is 3.32. The van der Waals surface area contributed by atoms with Gasteiger partial charge in [0.2, 0.25) is 0 Å². The molecule has 1 unspecified atom stereocenters. The highest BCUT2D eigenvalue weighted by atomic mass is 35.5. The average molecular weight is 344 g/mol. The molecule has 0 aliphatic carbocycles. The zero-order valence-corrected chi connectivity index (χ0v) is 15.6. The van der Waals surface area contributed by atoms with E-state index in [-0.39, 0.29) is 0 Å².